The maximum Gasteiger partial charge on any atom is 0.320 e. The highest BCUT2D eigenvalue weighted by molar-refractivity contribution is 6.31. The minimum absolute atomic E-state index is 0.248. The Hall–Kier alpha value is -2.59. The van der Waals surface area contributed by atoms with Gasteiger partial charge in [0.25, 0.3) is 0 Å². The second kappa shape index (κ2) is 8.31. The summed E-state index contributed by atoms with van der Waals surface area (Å²) in [5.74, 6) is 0.339. The van der Waals surface area contributed by atoms with Crippen LogP contribution in [-0.2, 0) is 13.0 Å². The lowest BCUT2D eigenvalue weighted by atomic mass is 10.2. The summed E-state index contributed by atoms with van der Waals surface area (Å²) in [6.45, 7) is 0.880. The Bertz CT molecular complexity index is 767. The average Bonchev–Trinajstić information content (AvgIpc) is 2.64. The molecule has 122 valence electrons. The van der Waals surface area contributed by atoms with Crippen LogP contribution in [0.3, 0.4) is 0 Å². The van der Waals surface area contributed by atoms with Crippen LogP contribution in [0.4, 0.5) is 0 Å². The molecule has 2 aromatic carbocycles. The van der Waals surface area contributed by atoms with Gasteiger partial charge in [-0.05, 0) is 11.1 Å². The fourth-order valence-electron chi connectivity index (χ4n) is 2.14. The highest BCUT2D eigenvalue weighted by Crippen LogP contribution is 2.23. The first-order valence-electron chi connectivity index (χ1n) is 7.67. The zero-order chi connectivity index (χ0) is 16.6. The van der Waals surface area contributed by atoms with Gasteiger partial charge in [0, 0.05) is 6.42 Å². The van der Waals surface area contributed by atoms with Crippen LogP contribution in [0.15, 0.2) is 66.9 Å². The van der Waals surface area contributed by atoms with E-state index in [0.717, 1.165) is 12.0 Å². The molecule has 0 bridgehead atoms. The number of hydrogen-bond donors (Lipinski definition) is 0. The van der Waals surface area contributed by atoms with E-state index in [4.69, 9.17) is 21.1 Å². The summed E-state index contributed by atoms with van der Waals surface area (Å²) >= 11 is 6.09. The molecule has 3 rings (SSSR count). The van der Waals surface area contributed by atoms with Crippen LogP contribution in [0.2, 0.25) is 5.02 Å². The Labute approximate surface area is 146 Å². The fourth-order valence-corrected chi connectivity index (χ4v) is 2.28. The number of nitrogens with zero attached hydrogens (tertiary/aromatic N) is 2. The van der Waals surface area contributed by atoms with E-state index in [-0.39, 0.29) is 6.01 Å². The lowest BCUT2D eigenvalue weighted by molar-refractivity contribution is 0.264. The van der Waals surface area contributed by atoms with E-state index < -0.39 is 0 Å². The van der Waals surface area contributed by atoms with Crippen LogP contribution in [0, 0.1) is 0 Å². The zero-order valence-corrected chi connectivity index (χ0v) is 13.8. The number of hydrogen-bond acceptors (Lipinski definition) is 4. The fraction of sp³-hybridized carbons (Fsp3) is 0.158. The summed E-state index contributed by atoms with van der Waals surface area (Å²) in [5, 5.41) is 0.370. The molecular weight excluding hydrogens is 324 g/mol. The maximum atomic E-state index is 6.09. The molecule has 1 heterocycles. The predicted molar refractivity (Wildman–Crippen MR) is 93.5 cm³/mol. The molecule has 0 radical (unpaired) electrons. The summed E-state index contributed by atoms with van der Waals surface area (Å²) in [4.78, 5) is 8.31. The standard InChI is InChI=1S/C19H17ClN2O2/c20-17-13-21-19(24-14-16-9-5-2-6-10-16)22-18(17)23-12-11-15-7-3-1-4-8-15/h1-10,13H,11-12,14H2. The second-order valence-corrected chi connectivity index (χ2v) is 5.57. The van der Waals surface area contributed by atoms with Gasteiger partial charge in [-0.2, -0.15) is 4.98 Å². The van der Waals surface area contributed by atoms with Crippen LogP contribution in [0.5, 0.6) is 11.9 Å². The summed E-state index contributed by atoms with van der Waals surface area (Å²) in [7, 11) is 0. The molecule has 1 aromatic heterocycles. The van der Waals surface area contributed by atoms with Gasteiger partial charge in [-0.3, -0.25) is 0 Å². The highest BCUT2D eigenvalue weighted by Gasteiger charge is 2.08. The lowest BCUT2D eigenvalue weighted by Gasteiger charge is -2.09. The molecule has 4 nitrogen and oxygen atoms in total. The van der Waals surface area contributed by atoms with E-state index in [1.54, 1.807) is 0 Å². The first kappa shape index (κ1) is 16.3. The van der Waals surface area contributed by atoms with Gasteiger partial charge in [-0.25, -0.2) is 4.98 Å². The van der Waals surface area contributed by atoms with Crippen molar-refractivity contribution in [3.8, 4) is 11.9 Å². The van der Waals surface area contributed by atoms with Gasteiger partial charge in [-0.1, -0.05) is 72.3 Å². The van der Waals surface area contributed by atoms with Crippen LogP contribution in [0.25, 0.3) is 0 Å². The quantitative estimate of drug-likeness (QED) is 0.642. The van der Waals surface area contributed by atoms with Crippen molar-refractivity contribution in [3.05, 3.63) is 83.0 Å². The Morgan fingerprint density at radius 2 is 1.50 bits per heavy atom. The van der Waals surface area contributed by atoms with Crippen molar-refractivity contribution in [1.29, 1.82) is 0 Å². The summed E-state index contributed by atoms with van der Waals surface area (Å²) in [5.41, 5.74) is 2.24. The SMILES string of the molecule is Clc1cnc(OCc2ccccc2)nc1OCCc1ccccc1. The first-order chi connectivity index (χ1) is 11.8. The molecule has 0 atom stereocenters. The van der Waals surface area contributed by atoms with Gasteiger partial charge in [0.15, 0.2) is 0 Å². The van der Waals surface area contributed by atoms with E-state index in [0.29, 0.717) is 24.1 Å². The Morgan fingerprint density at radius 1 is 0.833 bits per heavy atom. The molecule has 0 amide bonds. The van der Waals surface area contributed by atoms with Gasteiger partial charge in [-0.15, -0.1) is 0 Å². The molecule has 0 aliphatic carbocycles. The lowest BCUT2D eigenvalue weighted by Crippen LogP contribution is -2.05. The minimum Gasteiger partial charge on any atom is -0.476 e. The number of rotatable bonds is 7. The Balaban J connectivity index is 1.57. The van der Waals surface area contributed by atoms with E-state index in [1.165, 1.54) is 11.8 Å². The minimum atomic E-state index is 0.248. The number of halogens is 1. The van der Waals surface area contributed by atoms with E-state index in [9.17, 15) is 0 Å². The third kappa shape index (κ3) is 4.70. The molecular formula is C19H17ClN2O2. The van der Waals surface area contributed by atoms with Crippen molar-refractivity contribution in [2.75, 3.05) is 6.61 Å². The largest absolute Gasteiger partial charge is 0.476 e. The molecule has 0 saturated carbocycles. The zero-order valence-electron chi connectivity index (χ0n) is 13.1. The van der Waals surface area contributed by atoms with Crippen molar-refractivity contribution in [1.82, 2.24) is 9.97 Å². The molecule has 0 aliphatic rings. The van der Waals surface area contributed by atoms with Crippen molar-refractivity contribution in [2.24, 2.45) is 0 Å². The van der Waals surface area contributed by atoms with Crippen molar-refractivity contribution >= 4 is 11.6 Å². The van der Waals surface area contributed by atoms with E-state index >= 15 is 0 Å². The molecule has 24 heavy (non-hydrogen) atoms. The molecule has 0 spiro atoms. The van der Waals surface area contributed by atoms with Gasteiger partial charge in [0.05, 0.1) is 12.8 Å². The van der Waals surface area contributed by atoms with Gasteiger partial charge < -0.3 is 9.47 Å². The van der Waals surface area contributed by atoms with Crippen LogP contribution in [0.1, 0.15) is 11.1 Å². The Morgan fingerprint density at radius 3 is 2.21 bits per heavy atom. The van der Waals surface area contributed by atoms with Crippen LogP contribution < -0.4 is 9.47 Å². The monoisotopic (exact) mass is 340 g/mol. The molecule has 5 heteroatoms. The van der Waals surface area contributed by atoms with Crippen LogP contribution >= 0.6 is 11.6 Å². The van der Waals surface area contributed by atoms with Crippen LogP contribution in [-0.4, -0.2) is 16.6 Å². The van der Waals surface area contributed by atoms with E-state index in [2.05, 4.69) is 22.1 Å². The predicted octanol–water partition coefficient (Wildman–Crippen LogP) is 4.33. The highest BCUT2D eigenvalue weighted by atomic mass is 35.5. The molecule has 0 N–H and O–H groups in total. The molecule has 0 aliphatic heterocycles. The van der Waals surface area contributed by atoms with Gasteiger partial charge in [0.2, 0.25) is 5.88 Å². The first-order valence-corrected chi connectivity index (χ1v) is 8.05. The second-order valence-electron chi connectivity index (χ2n) is 5.16. The Kier molecular flexibility index (Phi) is 5.64. The third-order valence-electron chi connectivity index (χ3n) is 3.37. The normalized spacial score (nSPS) is 10.4. The number of ether oxygens (including phenoxy) is 2. The van der Waals surface area contributed by atoms with Gasteiger partial charge >= 0.3 is 6.01 Å². The smallest absolute Gasteiger partial charge is 0.320 e. The number of benzene rings is 2. The van der Waals surface area contributed by atoms with Crippen molar-refractivity contribution in [3.63, 3.8) is 0 Å². The average molecular weight is 341 g/mol. The molecule has 0 fully saturated rings. The molecule has 0 unspecified atom stereocenters. The van der Waals surface area contributed by atoms with E-state index in [1.807, 2.05) is 48.5 Å². The molecule has 3 aromatic rings. The van der Waals surface area contributed by atoms with Crippen molar-refractivity contribution < 1.29 is 9.47 Å². The third-order valence-corrected chi connectivity index (χ3v) is 3.63. The summed E-state index contributed by atoms with van der Waals surface area (Å²) in [6.07, 6.45) is 2.27. The topological polar surface area (TPSA) is 44.2 Å². The van der Waals surface area contributed by atoms with Crippen molar-refractivity contribution in [2.45, 2.75) is 13.0 Å². The number of aromatic nitrogens is 2. The van der Waals surface area contributed by atoms with Gasteiger partial charge in [0.1, 0.15) is 11.6 Å². The maximum absolute atomic E-state index is 6.09. The summed E-state index contributed by atoms with van der Waals surface area (Å²) < 4.78 is 11.3. The molecule has 0 saturated heterocycles. The summed E-state index contributed by atoms with van der Waals surface area (Å²) in [6, 6.07) is 20.2.